The smallest absolute Gasteiger partial charge is 0.310 e. The van der Waals surface area contributed by atoms with Crippen molar-refractivity contribution >= 4 is 22.1 Å². The maximum absolute atomic E-state index is 11.8. The van der Waals surface area contributed by atoms with Crippen LogP contribution in [0, 0.1) is 5.41 Å². The molecule has 6 heteroatoms. The zero-order chi connectivity index (χ0) is 14.6. The zero-order valence-corrected chi connectivity index (χ0v) is 11.8. The van der Waals surface area contributed by atoms with E-state index in [0.717, 1.165) is 17.4 Å². The summed E-state index contributed by atoms with van der Waals surface area (Å²) in [4.78, 5) is 11.1. The highest BCUT2D eigenvalue weighted by molar-refractivity contribution is 7.92. The Morgan fingerprint density at radius 1 is 1.30 bits per heavy atom. The lowest BCUT2D eigenvalue weighted by atomic mass is 9.69. The third-order valence-electron chi connectivity index (χ3n) is 3.62. The Labute approximate surface area is 118 Å². The molecule has 0 amide bonds. The summed E-state index contributed by atoms with van der Waals surface area (Å²) in [6.45, 7) is -0.0518. The van der Waals surface area contributed by atoms with Crippen LogP contribution in [0.15, 0.2) is 35.7 Å². The van der Waals surface area contributed by atoms with E-state index >= 15 is 0 Å². The fourth-order valence-electron chi connectivity index (χ4n) is 2.09. The minimum atomic E-state index is -3.62. The number of sulfonamides is 1. The monoisotopic (exact) mass is 295 g/mol. The number of carboxylic acid groups (broad SMARTS) is 1. The van der Waals surface area contributed by atoms with E-state index in [1.54, 1.807) is 12.1 Å². The van der Waals surface area contributed by atoms with Crippen LogP contribution in [0.25, 0.3) is 6.08 Å². The Bertz CT molecular complexity index is 603. The second-order valence-corrected chi connectivity index (χ2v) is 6.67. The Balaban J connectivity index is 1.98. The van der Waals surface area contributed by atoms with Gasteiger partial charge in [0.15, 0.2) is 0 Å². The Kier molecular flexibility index (Phi) is 4.25. The first-order chi connectivity index (χ1) is 9.44. The highest BCUT2D eigenvalue weighted by atomic mass is 32.2. The first kappa shape index (κ1) is 14.7. The van der Waals surface area contributed by atoms with Gasteiger partial charge in [-0.05, 0) is 24.5 Å². The molecule has 0 heterocycles. The second-order valence-electron chi connectivity index (χ2n) is 5.02. The van der Waals surface area contributed by atoms with E-state index in [4.69, 9.17) is 5.11 Å². The Hall–Kier alpha value is -1.66. The summed E-state index contributed by atoms with van der Waals surface area (Å²) in [5.74, 6) is -0.932. The second kappa shape index (κ2) is 5.76. The number of carbonyl (C=O) groups is 1. The van der Waals surface area contributed by atoms with Gasteiger partial charge in [0, 0.05) is 12.0 Å². The predicted molar refractivity (Wildman–Crippen MR) is 76.3 cm³/mol. The minimum Gasteiger partial charge on any atom is -0.481 e. The molecular weight excluding hydrogens is 278 g/mol. The number of aliphatic carboxylic acids is 1. The summed E-state index contributed by atoms with van der Waals surface area (Å²) in [6, 6.07) is 9.05. The van der Waals surface area contributed by atoms with Crippen molar-refractivity contribution in [3.8, 4) is 0 Å². The molecule has 2 rings (SSSR count). The van der Waals surface area contributed by atoms with E-state index in [-0.39, 0.29) is 6.54 Å². The van der Waals surface area contributed by atoms with Gasteiger partial charge in [0.05, 0.1) is 5.41 Å². The number of nitrogens with one attached hydrogen (secondary N) is 1. The van der Waals surface area contributed by atoms with Crippen molar-refractivity contribution in [3.05, 3.63) is 41.3 Å². The van der Waals surface area contributed by atoms with Crippen molar-refractivity contribution < 1.29 is 18.3 Å². The number of benzene rings is 1. The lowest BCUT2D eigenvalue weighted by Gasteiger charge is -2.37. The van der Waals surface area contributed by atoms with Crippen LogP contribution >= 0.6 is 0 Å². The quantitative estimate of drug-likeness (QED) is 0.838. The fourth-order valence-corrected chi connectivity index (χ4v) is 3.00. The molecule has 0 aliphatic heterocycles. The van der Waals surface area contributed by atoms with Gasteiger partial charge in [0.1, 0.15) is 0 Å². The van der Waals surface area contributed by atoms with Crippen molar-refractivity contribution in [2.24, 2.45) is 5.41 Å². The van der Waals surface area contributed by atoms with Gasteiger partial charge in [0.25, 0.3) is 0 Å². The molecule has 1 aromatic rings. The van der Waals surface area contributed by atoms with E-state index in [0.29, 0.717) is 12.8 Å². The van der Waals surface area contributed by atoms with Crippen LogP contribution in [0.4, 0.5) is 0 Å². The van der Waals surface area contributed by atoms with Gasteiger partial charge in [-0.1, -0.05) is 36.8 Å². The molecule has 0 spiro atoms. The molecule has 0 radical (unpaired) electrons. The maximum Gasteiger partial charge on any atom is 0.310 e. The molecule has 0 atom stereocenters. The van der Waals surface area contributed by atoms with Gasteiger partial charge in [-0.3, -0.25) is 4.79 Å². The van der Waals surface area contributed by atoms with Crippen LogP contribution in [-0.4, -0.2) is 26.0 Å². The molecular formula is C14H17NO4S. The number of hydrogen-bond acceptors (Lipinski definition) is 3. The fraction of sp³-hybridized carbons (Fsp3) is 0.357. The third-order valence-corrected chi connectivity index (χ3v) is 4.66. The first-order valence-corrected chi connectivity index (χ1v) is 7.94. The molecule has 2 N–H and O–H groups in total. The van der Waals surface area contributed by atoms with E-state index in [1.807, 2.05) is 18.2 Å². The van der Waals surface area contributed by atoms with E-state index in [9.17, 15) is 13.2 Å². The van der Waals surface area contributed by atoms with Crippen LogP contribution < -0.4 is 4.72 Å². The number of rotatable bonds is 6. The van der Waals surface area contributed by atoms with Crippen LogP contribution in [-0.2, 0) is 14.8 Å². The average Bonchev–Trinajstić information content (AvgIpc) is 2.36. The van der Waals surface area contributed by atoms with Gasteiger partial charge < -0.3 is 5.11 Å². The lowest BCUT2D eigenvalue weighted by molar-refractivity contribution is -0.153. The van der Waals surface area contributed by atoms with Crippen LogP contribution in [0.5, 0.6) is 0 Å². The Morgan fingerprint density at radius 3 is 2.45 bits per heavy atom. The SMILES string of the molecule is O=C(O)C1(CNS(=O)(=O)/C=C/c2ccccc2)CCC1. The standard InChI is InChI=1S/C14H17NO4S/c16-13(17)14(8-4-9-14)11-15-20(18,19)10-7-12-5-2-1-3-6-12/h1-3,5-7,10,15H,4,8-9,11H2,(H,16,17)/b10-7+. The summed E-state index contributed by atoms with van der Waals surface area (Å²) in [7, 11) is -3.62. The molecule has 1 aliphatic carbocycles. The molecule has 0 saturated heterocycles. The lowest BCUT2D eigenvalue weighted by Crippen LogP contribution is -2.47. The van der Waals surface area contributed by atoms with Crippen LogP contribution in [0.2, 0.25) is 0 Å². The molecule has 108 valence electrons. The number of carboxylic acids is 1. The molecule has 5 nitrogen and oxygen atoms in total. The molecule has 1 saturated carbocycles. The summed E-state index contributed by atoms with van der Waals surface area (Å²) in [5, 5.41) is 10.2. The average molecular weight is 295 g/mol. The zero-order valence-electron chi connectivity index (χ0n) is 11.0. The molecule has 0 bridgehead atoms. The third kappa shape index (κ3) is 3.46. The van der Waals surface area contributed by atoms with Crippen molar-refractivity contribution in [3.63, 3.8) is 0 Å². The summed E-state index contributed by atoms with van der Waals surface area (Å²) in [6.07, 6.45) is 3.35. The maximum atomic E-state index is 11.8. The van der Waals surface area contributed by atoms with E-state index in [1.165, 1.54) is 6.08 Å². The molecule has 1 fully saturated rings. The van der Waals surface area contributed by atoms with Gasteiger partial charge in [-0.25, -0.2) is 13.1 Å². The van der Waals surface area contributed by atoms with Crippen molar-refractivity contribution in [2.75, 3.05) is 6.54 Å². The van der Waals surface area contributed by atoms with Crippen LogP contribution in [0.1, 0.15) is 24.8 Å². The summed E-state index contributed by atoms with van der Waals surface area (Å²) < 4.78 is 26.0. The molecule has 0 unspecified atom stereocenters. The molecule has 0 aromatic heterocycles. The minimum absolute atomic E-state index is 0.0518. The van der Waals surface area contributed by atoms with Gasteiger partial charge in [0.2, 0.25) is 10.0 Å². The van der Waals surface area contributed by atoms with Crippen molar-refractivity contribution in [2.45, 2.75) is 19.3 Å². The molecule has 1 aliphatic rings. The predicted octanol–water partition coefficient (Wildman–Crippen LogP) is 1.83. The highest BCUT2D eigenvalue weighted by Gasteiger charge is 2.44. The van der Waals surface area contributed by atoms with E-state index in [2.05, 4.69) is 4.72 Å². The van der Waals surface area contributed by atoms with Crippen LogP contribution in [0.3, 0.4) is 0 Å². The highest BCUT2D eigenvalue weighted by Crippen LogP contribution is 2.40. The molecule has 20 heavy (non-hydrogen) atoms. The van der Waals surface area contributed by atoms with E-state index < -0.39 is 21.4 Å². The Morgan fingerprint density at radius 2 is 1.95 bits per heavy atom. The largest absolute Gasteiger partial charge is 0.481 e. The summed E-state index contributed by atoms with van der Waals surface area (Å²) >= 11 is 0. The normalized spacial score (nSPS) is 17.8. The van der Waals surface area contributed by atoms with Gasteiger partial charge >= 0.3 is 5.97 Å². The van der Waals surface area contributed by atoms with Gasteiger partial charge in [-0.2, -0.15) is 0 Å². The van der Waals surface area contributed by atoms with Gasteiger partial charge in [-0.15, -0.1) is 0 Å². The summed E-state index contributed by atoms with van der Waals surface area (Å²) in [5.41, 5.74) is -0.150. The van der Waals surface area contributed by atoms with Crippen molar-refractivity contribution in [1.29, 1.82) is 0 Å². The van der Waals surface area contributed by atoms with Crippen molar-refractivity contribution in [1.82, 2.24) is 4.72 Å². The molecule has 1 aromatic carbocycles. The number of hydrogen-bond donors (Lipinski definition) is 2. The topological polar surface area (TPSA) is 83.5 Å². The first-order valence-electron chi connectivity index (χ1n) is 6.40.